The molecule has 1 fully saturated rings. The third kappa shape index (κ3) is 1.75. The average molecular weight is 195 g/mol. The van der Waals surface area contributed by atoms with E-state index in [1.807, 2.05) is 6.92 Å². The number of nitrogens with two attached hydrogens (primary N) is 1. The minimum Gasteiger partial charge on any atom is -0.428 e. The normalized spacial score (nSPS) is 20.1. The van der Waals surface area contributed by atoms with Gasteiger partial charge in [0.05, 0.1) is 5.69 Å². The number of aryl methyl sites for hydroxylation is 1. The van der Waals surface area contributed by atoms with Crippen LogP contribution in [-0.2, 0) is 0 Å². The molecule has 4 heteroatoms. The van der Waals surface area contributed by atoms with Crippen LogP contribution in [0, 0.1) is 6.92 Å². The molecule has 1 aromatic heterocycles. The number of oxazole rings is 1. The molecule has 0 radical (unpaired) electrons. The summed E-state index contributed by atoms with van der Waals surface area (Å²) in [6.45, 7) is 4.23. The minimum absolute atomic E-state index is 0.302. The molecule has 0 bridgehead atoms. The molecular formula is C10H17N3O. The number of anilines is 1. The summed E-state index contributed by atoms with van der Waals surface area (Å²) in [5.74, 6) is 1.51. The van der Waals surface area contributed by atoms with E-state index in [2.05, 4.69) is 16.9 Å². The second-order valence-corrected chi connectivity index (χ2v) is 4.08. The van der Waals surface area contributed by atoms with Gasteiger partial charge >= 0.3 is 0 Å². The molecule has 0 atom stereocenters. The van der Waals surface area contributed by atoms with Gasteiger partial charge in [-0.1, -0.05) is 0 Å². The molecule has 0 aromatic carbocycles. The lowest BCUT2D eigenvalue weighted by Gasteiger charge is -2.27. The van der Waals surface area contributed by atoms with Crippen molar-refractivity contribution in [3.63, 3.8) is 0 Å². The fraction of sp³-hybridized carbons (Fsp3) is 0.700. The van der Waals surface area contributed by atoms with Gasteiger partial charge in [0.1, 0.15) is 5.76 Å². The largest absolute Gasteiger partial charge is 0.428 e. The Labute approximate surface area is 84.1 Å². The SMILES string of the molecule is Cc1nc(N)oc1C1CCN(C)CC1. The van der Waals surface area contributed by atoms with Crippen molar-refractivity contribution in [1.29, 1.82) is 0 Å². The van der Waals surface area contributed by atoms with E-state index in [0.29, 0.717) is 11.9 Å². The number of nitrogens with zero attached hydrogens (tertiary/aromatic N) is 2. The minimum atomic E-state index is 0.302. The molecule has 1 saturated heterocycles. The molecule has 0 saturated carbocycles. The van der Waals surface area contributed by atoms with Crippen molar-refractivity contribution in [2.24, 2.45) is 0 Å². The zero-order valence-corrected chi connectivity index (χ0v) is 8.79. The maximum atomic E-state index is 5.53. The Kier molecular flexibility index (Phi) is 2.46. The molecule has 1 aliphatic rings. The molecule has 2 N–H and O–H groups in total. The maximum absolute atomic E-state index is 5.53. The van der Waals surface area contributed by atoms with E-state index >= 15 is 0 Å². The molecule has 14 heavy (non-hydrogen) atoms. The predicted octanol–water partition coefficient (Wildman–Crippen LogP) is 1.37. The van der Waals surface area contributed by atoms with Crippen molar-refractivity contribution in [3.8, 4) is 0 Å². The van der Waals surface area contributed by atoms with E-state index in [-0.39, 0.29) is 0 Å². The van der Waals surface area contributed by atoms with E-state index in [0.717, 1.165) is 37.4 Å². The van der Waals surface area contributed by atoms with Gasteiger partial charge < -0.3 is 15.1 Å². The van der Waals surface area contributed by atoms with Gasteiger partial charge in [-0.3, -0.25) is 0 Å². The lowest BCUT2D eigenvalue weighted by atomic mass is 9.94. The second kappa shape index (κ2) is 3.61. The molecule has 0 spiro atoms. The Hall–Kier alpha value is -1.03. The van der Waals surface area contributed by atoms with Crippen LogP contribution in [0.4, 0.5) is 6.01 Å². The van der Waals surface area contributed by atoms with Crippen molar-refractivity contribution in [1.82, 2.24) is 9.88 Å². The Morgan fingerprint density at radius 1 is 1.43 bits per heavy atom. The topological polar surface area (TPSA) is 55.3 Å². The van der Waals surface area contributed by atoms with Gasteiger partial charge in [-0.15, -0.1) is 0 Å². The third-order valence-electron chi connectivity index (χ3n) is 2.94. The Morgan fingerprint density at radius 3 is 2.57 bits per heavy atom. The van der Waals surface area contributed by atoms with Gasteiger partial charge in [0.25, 0.3) is 6.01 Å². The first-order valence-electron chi connectivity index (χ1n) is 5.08. The quantitative estimate of drug-likeness (QED) is 0.735. The highest BCUT2D eigenvalue weighted by atomic mass is 16.4. The van der Waals surface area contributed by atoms with Gasteiger partial charge in [0.2, 0.25) is 0 Å². The molecule has 2 heterocycles. The van der Waals surface area contributed by atoms with Crippen LogP contribution in [0.15, 0.2) is 4.42 Å². The summed E-state index contributed by atoms with van der Waals surface area (Å²) in [4.78, 5) is 6.44. The summed E-state index contributed by atoms with van der Waals surface area (Å²) in [6.07, 6.45) is 2.29. The molecule has 78 valence electrons. The molecular weight excluding hydrogens is 178 g/mol. The van der Waals surface area contributed by atoms with Gasteiger partial charge in [-0.25, -0.2) is 0 Å². The van der Waals surface area contributed by atoms with Gasteiger partial charge in [-0.05, 0) is 39.9 Å². The summed E-state index contributed by atoms with van der Waals surface area (Å²) in [5, 5.41) is 0. The van der Waals surface area contributed by atoms with Gasteiger partial charge in [0, 0.05) is 5.92 Å². The Bertz CT molecular complexity index is 313. The van der Waals surface area contributed by atoms with Crippen molar-refractivity contribution in [2.75, 3.05) is 25.9 Å². The van der Waals surface area contributed by atoms with Crippen LogP contribution >= 0.6 is 0 Å². The van der Waals surface area contributed by atoms with Crippen LogP contribution in [0.25, 0.3) is 0 Å². The molecule has 0 aliphatic carbocycles. The number of hydrogen-bond acceptors (Lipinski definition) is 4. The highest BCUT2D eigenvalue weighted by molar-refractivity contribution is 5.22. The van der Waals surface area contributed by atoms with Crippen LogP contribution in [0.5, 0.6) is 0 Å². The summed E-state index contributed by atoms with van der Waals surface area (Å²) in [5.41, 5.74) is 6.48. The molecule has 0 amide bonds. The summed E-state index contributed by atoms with van der Waals surface area (Å²) < 4.78 is 5.44. The predicted molar refractivity (Wildman–Crippen MR) is 55.1 cm³/mol. The number of hydrogen-bond donors (Lipinski definition) is 1. The zero-order valence-electron chi connectivity index (χ0n) is 8.79. The lowest BCUT2D eigenvalue weighted by Crippen LogP contribution is -2.29. The number of aromatic nitrogens is 1. The first kappa shape index (κ1) is 9.52. The zero-order chi connectivity index (χ0) is 10.1. The number of piperidine rings is 1. The highest BCUT2D eigenvalue weighted by Crippen LogP contribution is 2.30. The molecule has 0 unspecified atom stereocenters. The van der Waals surface area contributed by atoms with E-state index in [1.165, 1.54) is 0 Å². The first-order valence-corrected chi connectivity index (χ1v) is 5.08. The monoisotopic (exact) mass is 195 g/mol. The lowest BCUT2D eigenvalue weighted by molar-refractivity contribution is 0.241. The summed E-state index contributed by atoms with van der Waals surface area (Å²) in [7, 11) is 2.15. The van der Waals surface area contributed by atoms with Crippen molar-refractivity contribution < 1.29 is 4.42 Å². The van der Waals surface area contributed by atoms with Crippen molar-refractivity contribution in [2.45, 2.75) is 25.7 Å². The molecule has 1 aromatic rings. The standard InChI is InChI=1S/C10H17N3O/c1-7-9(14-10(11)12-7)8-3-5-13(2)6-4-8/h8H,3-6H2,1-2H3,(H2,11,12). The number of rotatable bonds is 1. The number of nitrogen functional groups attached to an aromatic ring is 1. The molecule has 4 nitrogen and oxygen atoms in total. The summed E-state index contributed by atoms with van der Waals surface area (Å²) in [6, 6.07) is 0.302. The second-order valence-electron chi connectivity index (χ2n) is 4.08. The molecule has 1 aliphatic heterocycles. The van der Waals surface area contributed by atoms with Gasteiger partial charge in [-0.2, -0.15) is 4.98 Å². The summed E-state index contributed by atoms with van der Waals surface area (Å²) >= 11 is 0. The van der Waals surface area contributed by atoms with Crippen LogP contribution in [-0.4, -0.2) is 30.0 Å². The van der Waals surface area contributed by atoms with E-state index in [9.17, 15) is 0 Å². The van der Waals surface area contributed by atoms with E-state index in [1.54, 1.807) is 0 Å². The first-order chi connectivity index (χ1) is 6.66. The van der Waals surface area contributed by atoms with Crippen molar-refractivity contribution in [3.05, 3.63) is 11.5 Å². The van der Waals surface area contributed by atoms with Gasteiger partial charge in [0.15, 0.2) is 0 Å². The fourth-order valence-electron chi connectivity index (χ4n) is 2.08. The molecule has 2 rings (SSSR count). The third-order valence-corrected chi connectivity index (χ3v) is 2.94. The van der Waals surface area contributed by atoms with Crippen LogP contribution in [0.3, 0.4) is 0 Å². The van der Waals surface area contributed by atoms with Crippen LogP contribution < -0.4 is 5.73 Å². The maximum Gasteiger partial charge on any atom is 0.292 e. The Morgan fingerprint density at radius 2 is 2.07 bits per heavy atom. The Balaban J connectivity index is 2.11. The number of likely N-dealkylation sites (tertiary alicyclic amines) is 1. The van der Waals surface area contributed by atoms with Crippen LogP contribution in [0.1, 0.15) is 30.2 Å². The van der Waals surface area contributed by atoms with Crippen LogP contribution in [0.2, 0.25) is 0 Å². The van der Waals surface area contributed by atoms with E-state index < -0.39 is 0 Å². The highest BCUT2D eigenvalue weighted by Gasteiger charge is 2.23. The smallest absolute Gasteiger partial charge is 0.292 e. The van der Waals surface area contributed by atoms with E-state index in [4.69, 9.17) is 10.2 Å². The van der Waals surface area contributed by atoms with Crippen molar-refractivity contribution >= 4 is 6.01 Å². The fourth-order valence-corrected chi connectivity index (χ4v) is 2.08. The average Bonchev–Trinajstić information content (AvgIpc) is 2.47.